The molecule has 0 bridgehead atoms. The van der Waals surface area contributed by atoms with Gasteiger partial charge in [0.2, 0.25) is 0 Å². The molecule has 82 valence electrons. The molecule has 4 heteroatoms. The molecule has 0 rings (SSSR count). The van der Waals surface area contributed by atoms with Crippen LogP contribution in [-0.4, -0.2) is 24.4 Å². The Kier molecular flexibility index (Phi) is 5.92. The molecule has 0 spiro atoms. The van der Waals surface area contributed by atoms with Gasteiger partial charge in [0.1, 0.15) is 0 Å². The van der Waals surface area contributed by atoms with Crippen LogP contribution in [0.4, 0.5) is 4.79 Å². The fourth-order valence-corrected chi connectivity index (χ4v) is 1.02. The van der Waals surface area contributed by atoms with Crippen molar-refractivity contribution in [2.75, 3.05) is 6.54 Å². The van der Waals surface area contributed by atoms with Crippen LogP contribution in [-0.2, 0) is 4.79 Å². The van der Waals surface area contributed by atoms with E-state index in [1.54, 1.807) is 0 Å². The van der Waals surface area contributed by atoms with Gasteiger partial charge in [0.05, 0.1) is 6.54 Å². The van der Waals surface area contributed by atoms with Crippen molar-refractivity contribution in [1.29, 1.82) is 0 Å². The van der Waals surface area contributed by atoms with Gasteiger partial charge in [-0.2, -0.15) is 0 Å². The molecule has 0 radical (unpaired) electrons. The lowest BCUT2D eigenvalue weighted by molar-refractivity contribution is -0.118. The van der Waals surface area contributed by atoms with Crippen molar-refractivity contribution in [1.82, 2.24) is 10.6 Å². The van der Waals surface area contributed by atoms with Crippen LogP contribution in [0, 0.1) is 5.92 Å². The van der Waals surface area contributed by atoms with E-state index in [0.717, 1.165) is 0 Å². The third kappa shape index (κ3) is 7.58. The van der Waals surface area contributed by atoms with Gasteiger partial charge in [0.25, 0.3) is 0 Å². The Morgan fingerprint density at radius 2 is 1.71 bits per heavy atom. The maximum Gasteiger partial charge on any atom is 0.315 e. The third-order valence-corrected chi connectivity index (χ3v) is 1.50. The zero-order chi connectivity index (χ0) is 11.1. The molecule has 2 N–H and O–H groups in total. The van der Waals surface area contributed by atoms with Crippen LogP contribution in [0.3, 0.4) is 0 Å². The molecule has 0 aromatic rings. The number of carbonyl (C=O) groups excluding carboxylic acids is 2. The Morgan fingerprint density at radius 3 is 2.14 bits per heavy atom. The summed E-state index contributed by atoms with van der Waals surface area (Å²) in [6, 6.07) is -0.188. The molecule has 0 aliphatic rings. The molecule has 0 heterocycles. The van der Waals surface area contributed by atoms with Crippen LogP contribution < -0.4 is 10.6 Å². The van der Waals surface area contributed by atoms with Crippen LogP contribution in [0.5, 0.6) is 0 Å². The Bertz CT molecular complexity index is 178. The molecule has 0 aromatic carbocycles. The van der Waals surface area contributed by atoms with Crippen molar-refractivity contribution in [2.45, 2.75) is 40.2 Å². The van der Waals surface area contributed by atoms with Crippen molar-refractivity contribution in [3.63, 3.8) is 0 Å². The van der Waals surface area contributed by atoms with Gasteiger partial charge in [-0.05, 0) is 19.8 Å². The van der Waals surface area contributed by atoms with Gasteiger partial charge in [0.15, 0.2) is 5.78 Å². The topological polar surface area (TPSA) is 58.2 Å². The highest BCUT2D eigenvalue weighted by Gasteiger charge is 2.07. The van der Waals surface area contributed by atoms with E-state index in [0.29, 0.717) is 12.3 Å². The maximum absolute atomic E-state index is 11.2. The smallest absolute Gasteiger partial charge is 0.315 e. The average molecular weight is 200 g/mol. The zero-order valence-electron chi connectivity index (χ0n) is 9.39. The van der Waals surface area contributed by atoms with Crippen LogP contribution in [0.15, 0.2) is 0 Å². The molecule has 0 fully saturated rings. The van der Waals surface area contributed by atoms with Crippen molar-refractivity contribution in [3.05, 3.63) is 0 Å². The summed E-state index contributed by atoms with van der Waals surface area (Å²) in [5.74, 6) is 0.413. The first-order valence-electron chi connectivity index (χ1n) is 4.98. The van der Waals surface area contributed by atoms with Crippen LogP contribution >= 0.6 is 0 Å². The fourth-order valence-electron chi connectivity index (χ4n) is 1.02. The highest BCUT2D eigenvalue weighted by molar-refractivity contribution is 5.85. The first-order chi connectivity index (χ1) is 6.41. The summed E-state index contributed by atoms with van der Waals surface area (Å²) >= 11 is 0. The van der Waals surface area contributed by atoms with E-state index < -0.39 is 0 Å². The SMILES string of the molecule is CC(C)CC(=O)CNC(=O)NC(C)C. The quantitative estimate of drug-likeness (QED) is 0.703. The summed E-state index contributed by atoms with van der Waals surface area (Å²) < 4.78 is 0. The van der Waals surface area contributed by atoms with E-state index in [1.165, 1.54) is 0 Å². The molecular formula is C10H20N2O2. The molecule has 4 nitrogen and oxygen atoms in total. The van der Waals surface area contributed by atoms with Crippen molar-refractivity contribution < 1.29 is 9.59 Å². The minimum absolute atomic E-state index is 0.0684. The number of nitrogens with one attached hydrogen (secondary N) is 2. The number of ketones is 1. The summed E-state index contributed by atoms with van der Waals surface area (Å²) in [5, 5.41) is 5.17. The Morgan fingerprint density at radius 1 is 1.14 bits per heavy atom. The Balaban J connectivity index is 3.61. The third-order valence-electron chi connectivity index (χ3n) is 1.50. The van der Waals surface area contributed by atoms with Crippen LogP contribution in [0.1, 0.15) is 34.1 Å². The summed E-state index contributed by atoms with van der Waals surface area (Å²) in [6.07, 6.45) is 0.516. The number of amides is 2. The molecule has 2 amide bonds. The Hall–Kier alpha value is -1.06. The molecule has 0 aliphatic heterocycles. The monoisotopic (exact) mass is 200 g/mol. The van der Waals surface area contributed by atoms with Gasteiger partial charge in [-0.15, -0.1) is 0 Å². The number of hydrogen-bond donors (Lipinski definition) is 2. The average Bonchev–Trinajstić information content (AvgIpc) is 1.98. The summed E-state index contributed by atoms with van der Waals surface area (Å²) in [5.41, 5.74) is 0. The second kappa shape index (κ2) is 6.40. The molecular weight excluding hydrogens is 180 g/mol. The van der Waals surface area contributed by atoms with Crippen molar-refractivity contribution >= 4 is 11.8 Å². The highest BCUT2D eigenvalue weighted by Crippen LogP contribution is 1.98. The number of Topliss-reactive ketones (excluding diaryl/α,β-unsaturated/α-hetero) is 1. The van der Waals surface area contributed by atoms with E-state index in [-0.39, 0.29) is 24.4 Å². The fraction of sp³-hybridized carbons (Fsp3) is 0.800. The van der Waals surface area contributed by atoms with E-state index in [1.807, 2.05) is 27.7 Å². The van der Waals surface area contributed by atoms with E-state index in [2.05, 4.69) is 10.6 Å². The number of rotatable bonds is 5. The predicted molar refractivity (Wildman–Crippen MR) is 56.1 cm³/mol. The van der Waals surface area contributed by atoms with Crippen molar-refractivity contribution in [2.24, 2.45) is 5.92 Å². The molecule has 0 saturated heterocycles. The number of hydrogen-bond acceptors (Lipinski definition) is 2. The largest absolute Gasteiger partial charge is 0.336 e. The van der Waals surface area contributed by atoms with Gasteiger partial charge < -0.3 is 10.6 Å². The molecule has 0 aliphatic carbocycles. The first kappa shape index (κ1) is 12.9. The molecule has 0 saturated carbocycles. The molecule has 0 aromatic heterocycles. The minimum Gasteiger partial charge on any atom is -0.336 e. The van der Waals surface area contributed by atoms with Crippen molar-refractivity contribution in [3.8, 4) is 0 Å². The predicted octanol–water partition coefficient (Wildman–Crippen LogP) is 1.31. The molecule has 14 heavy (non-hydrogen) atoms. The van der Waals surface area contributed by atoms with Gasteiger partial charge in [0, 0.05) is 12.5 Å². The summed E-state index contributed by atoms with van der Waals surface area (Å²) in [4.78, 5) is 22.3. The normalized spacial score (nSPS) is 10.4. The second-order valence-electron chi connectivity index (χ2n) is 4.12. The maximum atomic E-state index is 11.2. The number of carbonyl (C=O) groups is 2. The standard InChI is InChI=1S/C10H20N2O2/c1-7(2)5-9(13)6-11-10(14)12-8(3)4/h7-8H,5-6H2,1-4H3,(H2,11,12,14). The van der Waals surface area contributed by atoms with Gasteiger partial charge >= 0.3 is 6.03 Å². The second-order valence-corrected chi connectivity index (χ2v) is 4.12. The lowest BCUT2D eigenvalue weighted by Gasteiger charge is -2.10. The van der Waals surface area contributed by atoms with E-state index in [4.69, 9.17) is 0 Å². The van der Waals surface area contributed by atoms with Crippen LogP contribution in [0.2, 0.25) is 0 Å². The van der Waals surface area contributed by atoms with Gasteiger partial charge in [-0.3, -0.25) is 4.79 Å². The van der Waals surface area contributed by atoms with Crippen LogP contribution in [0.25, 0.3) is 0 Å². The molecule has 0 unspecified atom stereocenters. The lowest BCUT2D eigenvalue weighted by Crippen LogP contribution is -2.41. The number of urea groups is 1. The first-order valence-corrected chi connectivity index (χ1v) is 4.98. The molecule has 0 atom stereocenters. The summed E-state index contributed by atoms with van der Waals surface area (Å²) in [7, 11) is 0. The zero-order valence-corrected chi connectivity index (χ0v) is 9.39. The summed E-state index contributed by atoms with van der Waals surface area (Å²) in [6.45, 7) is 7.82. The highest BCUT2D eigenvalue weighted by atomic mass is 16.2. The van der Waals surface area contributed by atoms with Gasteiger partial charge in [-0.25, -0.2) is 4.79 Å². The lowest BCUT2D eigenvalue weighted by atomic mass is 10.1. The van der Waals surface area contributed by atoms with Gasteiger partial charge in [-0.1, -0.05) is 13.8 Å². The van der Waals surface area contributed by atoms with E-state index >= 15 is 0 Å². The Labute approximate surface area is 85.4 Å². The van der Waals surface area contributed by atoms with E-state index in [9.17, 15) is 9.59 Å². The minimum atomic E-state index is -0.280.